The highest BCUT2D eigenvalue weighted by molar-refractivity contribution is 5.66. The largest absolute Gasteiger partial charge is 0.481 e. The highest BCUT2D eigenvalue weighted by atomic mass is 16.4. The van der Waals surface area contributed by atoms with Gasteiger partial charge in [0.2, 0.25) is 0 Å². The number of hydrogen-bond donors (Lipinski definition) is 3. The van der Waals surface area contributed by atoms with Crippen molar-refractivity contribution in [2.45, 2.75) is 137 Å². The van der Waals surface area contributed by atoms with Crippen molar-refractivity contribution in [3.05, 3.63) is 11.6 Å². The van der Waals surface area contributed by atoms with Gasteiger partial charge in [0.1, 0.15) is 0 Å². The first kappa shape index (κ1) is 30.7. The van der Waals surface area contributed by atoms with Gasteiger partial charge in [0.25, 0.3) is 0 Å². The van der Waals surface area contributed by atoms with Gasteiger partial charge in [0, 0.05) is 6.42 Å². The Kier molecular flexibility index (Phi) is 11.2. The van der Waals surface area contributed by atoms with E-state index in [0.29, 0.717) is 17.4 Å². The number of rotatable bonds is 10. The molecule has 0 aromatic rings. The zero-order chi connectivity index (χ0) is 27.2. The summed E-state index contributed by atoms with van der Waals surface area (Å²) in [4.78, 5) is 9.93. The van der Waals surface area contributed by atoms with Crippen molar-refractivity contribution in [1.29, 1.82) is 0 Å². The Labute approximate surface area is 228 Å². The van der Waals surface area contributed by atoms with Crippen LogP contribution in [-0.4, -0.2) is 28.8 Å². The zero-order valence-corrected chi connectivity index (χ0v) is 24.8. The summed E-state index contributed by atoms with van der Waals surface area (Å²) < 4.78 is 0. The quantitative estimate of drug-likeness (QED) is 0.203. The molecule has 4 heteroatoms. The van der Waals surface area contributed by atoms with Gasteiger partial charge in [-0.05, 0) is 117 Å². The van der Waals surface area contributed by atoms with Crippen molar-refractivity contribution in [2.75, 3.05) is 6.54 Å². The van der Waals surface area contributed by atoms with Gasteiger partial charge in [0.15, 0.2) is 0 Å². The second-order valence-corrected chi connectivity index (χ2v) is 14.2. The number of nitrogens with two attached hydrogens (primary N) is 1. The van der Waals surface area contributed by atoms with Crippen LogP contribution < -0.4 is 5.73 Å². The number of hydrogen-bond acceptors (Lipinski definition) is 3. The lowest BCUT2D eigenvalue weighted by atomic mass is 9.47. The molecule has 3 fully saturated rings. The second kappa shape index (κ2) is 13.5. The lowest BCUT2D eigenvalue weighted by Crippen LogP contribution is -2.50. The average Bonchev–Trinajstić information content (AvgIpc) is 3.19. The molecule has 0 heterocycles. The topological polar surface area (TPSA) is 83.5 Å². The van der Waals surface area contributed by atoms with Crippen molar-refractivity contribution in [3.8, 4) is 0 Å². The van der Waals surface area contributed by atoms with E-state index >= 15 is 0 Å². The molecule has 214 valence electrons. The number of aliphatic hydroxyl groups excluding tert-OH is 1. The molecule has 0 bridgehead atoms. The molecule has 4 aliphatic carbocycles. The summed E-state index contributed by atoms with van der Waals surface area (Å²) in [6, 6.07) is 0. The highest BCUT2D eigenvalue weighted by Crippen LogP contribution is 2.67. The fourth-order valence-electron chi connectivity index (χ4n) is 9.26. The van der Waals surface area contributed by atoms with Gasteiger partial charge < -0.3 is 15.9 Å². The maximum absolute atomic E-state index is 10.2. The van der Waals surface area contributed by atoms with Gasteiger partial charge in [-0.3, -0.25) is 4.79 Å². The first-order valence-corrected chi connectivity index (χ1v) is 15.8. The Balaban J connectivity index is 0.000000364. The van der Waals surface area contributed by atoms with Crippen molar-refractivity contribution in [1.82, 2.24) is 0 Å². The third-order valence-corrected chi connectivity index (χ3v) is 11.4. The van der Waals surface area contributed by atoms with E-state index in [1.807, 2.05) is 0 Å². The lowest BCUT2D eigenvalue weighted by molar-refractivity contribution is -0.137. The van der Waals surface area contributed by atoms with Crippen molar-refractivity contribution in [2.24, 2.45) is 52.1 Å². The summed E-state index contributed by atoms with van der Waals surface area (Å²) in [5.74, 6) is 4.74. The summed E-state index contributed by atoms with van der Waals surface area (Å²) in [7, 11) is 0. The summed E-state index contributed by atoms with van der Waals surface area (Å²) in [6.45, 7) is 13.2. The Morgan fingerprint density at radius 3 is 2.43 bits per heavy atom. The van der Waals surface area contributed by atoms with E-state index in [1.54, 1.807) is 5.57 Å². The summed E-state index contributed by atoms with van der Waals surface area (Å²) in [5.41, 5.74) is 7.80. The molecule has 0 aliphatic heterocycles. The maximum Gasteiger partial charge on any atom is 0.303 e. The van der Waals surface area contributed by atoms with Gasteiger partial charge in [-0.1, -0.05) is 72.0 Å². The Morgan fingerprint density at radius 2 is 1.76 bits per heavy atom. The number of fused-ring (bicyclic) bond motifs is 5. The third-order valence-electron chi connectivity index (χ3n) is 11.4. The van der Waals surface area contributed by atoms with E-state index in [-0.39, 0.29) is 12.5 Å². The smallest absolute Gasteiger partial charge is 0.303 e. The minimum Gasteiger partial charge on any atom is -0.481 e. The molecular formula is C33H59NO3. The number of aliphatic hydroxyl groups is 1. The first-order chi connectivity index (χ1) is 17.5. The van der Waals surface area contributed by atoms with E-state index in [1.165, 1.54) is 57.8 Å². The number of carboxylic acids is 1. The Bertz CT molecular complexity index is 763. The summed E-state index contributed by atoms with van der Waals surface area (Å²) in [6.07, 6.45) is 20.1. The fraction of sp³-hybridized carbons (Fsp3) is 0.909. The number of carboxylic acid groups (broad SMARTS) is 1. The predicted octanol–water partition coefficient (Wildman–Crippen LogP) is 7.98. The molecule has 0 aromatic heterocycles. The van der Waals surface area contributed by atoms with E-state index in [9.17, 15) is 9.90 Å². The molecule has 0 saturated heterocycles. The van der Waals surface area contributed by atoms with E-state index in [0.717, 1.165) is 67.6 Å². The molecule has 3 saturated carbocycles. The van der Waals surface area contributed by atoms with Gasteiger partial charge >= 0.3 is 5.97 Å². The van der Waals surface area contributed by atoms with Gasteiger partial charge in [-0.25, -0.2) is 0 Å². The average molecular weight is 518 g/mol. The van der Waals surface area contributed by atoms with Crippen LogP contribution in [-0.2, 0) is 4.79 Å². The SMILES string of the molecule is CC(C)CCC[C@@H](C)[C@H]1CC[C@H]2[C@@H]3CC=C4C[C@@H](O)CC[C@]4(C)[C@H]3CC[C@]12C.NCCCCCC(=O)O. The molecule has 0 amide bonds. The second-order valence-electron chi connectivity index (χ2n) is 14.2. The number of allylic oxidation sites excluding steroid dienone is 1. The maximum atomic E-state index is 10.2. The van der Waals surface area contributed by atoms with Crippen LogP contribution in [0.2, 0.25) is 0 Å². The molecule has 0 unspecified atom stereocenters. The lowest BCUT2D eigenvalue weighted by Gasteiger charge is -2.58. The van der Waals surface area contributed by atoms with Gasteiger partial charge in [0.05, 0.1) is 6.10 Å². The molecule has 8 atom stereocenters. The zero-order valence-electron chi connectivity index (χ0n) is 24.8. The fourth-order valence-corrected chi connectivity index (χ4v) is 9.26. The van der Waals surface area contributed by atoms with Crippen LogP contribution in [0.3, 0.4) is 0 Å². The van der Waals surface area contributed by atoms with Gasteiger partial charge in [-0.15, -0.1) is 0 Å². The molecule has 4 aliphatic rings. The van der Waals surface area contributed by atoms with E-state index < -0.39 is 5.97 Å². The first-order valence-electron chi connectivity index (χ1n) is 15.8. The minimum atomic E-state index is -0.716. The molecule has 0 aromatic carbocycles. The minimum absolute atomic E-state index is 0.0766. The van der Waals surface area contributed by atoms with E-state index in [4.69, 9.17) is 10.8 Å². The predicted molar refractivity (Wildman–Crippen MR) is 154 cm³/mol. The standard InChI is InChI=1S/C27H46O.C6H13NO2/c1-18(2)7-6-8-19(3)23-11-12-24-22-10-9-20-17-21(28)13-15-26(20,4)25(22)14-16-27(23,24)5;7-5-3-1-2-4-6(8)9/h9,18-19,21-25,28H,6-8,10-17H2,1-5H3;1-5,7H2,(H,8,9)/t19-,21+,22+,23-,24+,25+,26+,27-;/m1./s1. The molecular weight excluding hydrogens is 458 g/mol. The third kappa shape index (κ3) is 7.21. The van der Waals surface area contributed by atoms with Crippen molar-refractivity contribution < 1.29 is 15.0 Å². The monoisotopic (exact) mass is 517 g/mol. The molecule has 0 radical (unpaired) electrons. The summed E-state index contributed by atoms with van der Waals surface area (Å²) >= 11 is 0. The van der Waals surface area contributed by atoms with Crippen LogP contribution in [0.5, 0.6) is 0 Å². The summed E-state index contributed by atoms with van der Waals surface area (Å²) in [5, 5.41) is 18.4. The molecule has 37 heavy (non-hydrogen) atoms. The van der Waals surface area contributed by atoms with Crippen molar-refractivity contribution in [3.63, 3.8) is 0 Å². The molecule has 4 rings (SSSR count). The van der Waals surface area contributed by atoms with Crippen LogP contribution in [0.25, 0.3) is 0 Å². The normalized spacial score (nSPS) is 37.5. The Hall–Kier alpha value is -0.870. The number of carbonyl (C=O) groups is 1. The van der Waals surface area contributed by atoms with Crippen LogP contribution in [0, 0.1) is 46.3 Å². The van der Waals surface area contributed by atoms with Gasteiger partial charge in [-0.2, -0.15) is 0 Å². The Morgan fingerprint density at radius 1 is 1.00 bits per heavy atom. The molecule has 0 spiro atoms. The number of aliphatic carboxylic acids is 1. The highest BCUT2D eigenvalue weighted by Gasteiger charge is 2.59. The molecule has 4 N–H and O–H groups in total. The van der Waals surface area contributed by atoms with Crippen molar-refractivity contribution >= 4 is 5.97 Å². The molecule has 4 nitrogen and oxygen atoms in total. The van der Waals surface area contributed by atoms with E-state index in [2.05, 4.69) is 40.7 Å². The van der Waals surface area contributed by atoms with Crippen LogP contribution >= 0.6 is 0 Å². The van der Waals surface area contributed by atoms with Crippen LogP contribution in [0.4, 0.5) is 0 Å². The number of unbranched alkanes of at least 4 members (excludes halogenated alkanes) is 2. The van der Waals surface area contributed by atoms with Crippen LogP contribution in [0.1, 0.15) is 131 Å². The van der Waals surface area contributed by atoms with Crippen LogP contribution in [0.15, 0.2) is 11.6 Å².